The van der Waals surface area contributed by atoms with E-state index in [-0.39, 0.29) is 5.91 Å². The number of piperidine rings is 2. The van der Waals surface area contributed by atoms with E-state index in [1.165, 1.54) is 32.4 Å². The lowest BCUT2D eigenvalue weighted by Crippen LogP contribution is -2.53. The van der Waals surface area contributed by atoms with Crippen LogP contribution in [0, 0.1) is 0 Å². The van der Waals surface area contributed by atoms with Crippen LogP contribution in [-0.4, -0.2) is 60.8 Å². The van der Waals surface area contributed by atoms with Gasteiger partial charge in [0, 0.05) is 25.7 Å². The second kappa shape index (κ2) is 7.22. The van der Waals surface area contributed by atoms with Crippen molar-refractivity contribution in [3.63, 3.8) is 0 Å². The summed E-state index contributed by atoms with van der Waals surface area (Å²) in [5.41, 5.74) is 5.42. The molecule has 0 aromatic heterocycles. The van der Waals surface area contributed by atoms with Gasteiger partial charge in [-0.05, 0) is 45.7 Å². The number of carbonyl (C=O) groups excluding carboxylic acids is 1. The van der Waals surface area contributed by atoms with Crippen LogP contribution in [-0.2, 0) is 9.53 Å². The minimum absolute atomic E-state index is 0.363. The number of likely N-dealkylation sites (tertiary alicyclic amines) is 2. The zero-order chi connectivity index (χ0) is 13.7. The molecule has 0 aliphatic carbocycles. The lowest BCUT2D eigenvalue weighted by molar-refractivity contribution is -0.145. The summed E-state index contributed by atoms with van der Waals surface area (Å²) in [4.78, 5) is 16.1. The largest absolute Gasteiger partial charge is 0.366 e. The van der Waals surface area contributed by atoms with Crippen molar-refractivity contribution in [1.82, 2.24) is 9.80 Å². The first-order chi connectivity index (χ1) is 9.22. The maximum atomic E-state index is 11.4. The molecule has 2 fully saturated rings. The second-order valence-electron chi connectivity index (χ2n) is 5.57. The van der Waals surface area contributed by atoms with Crippen LogP contribution >= 0.6 is 0 Å². The predicted octanol–water partition coefficient (Wildman–Crippen LogP) is 0.785. The van der Waals surface area contributed by atoms with E-state index in [9.17, 15) is 4.79 Å². The molecule has 110 valence electrons. The molecule has 0 bridgehead atoms. The lowest BCUT2D eigenvalue weighted by atomic mass is 10.00. The first-order valence-electron chi connectivity index (χ1n) is 7.61. The number of rotatable bonds is 5. The van der Waals surface area contributed by atoms with Crippen molar-refractivity contribution >= 4 is 5.91 Å². The van der Waals surface area contributed by atoms with Crippen LogP contribution in [0.3, 0.4) is 0 Å². The van der Waals surface area contributed by atoms with Gasteiger partial charge < -0.3 is 15.4 Å². The molecule has 2 N–H and O–H groups in total. The fraction of sp³-hybridized carbons (Fsp3) is 0.929. The zero-order valence-corrected chi connectivity index (χ0v) is 12.0. The number of hydrogen-bond donors (Lipinski definition) is 1. The maximum absolute atomic E-state index is 11.4. The van der Waals surface area contributed by atoms with Crippen molar-refractivity contribution in [2.45, 2.75) is 51.3 Å². The molecule has 2 heterocycles. The normalized spacial score (nSPS) is 25.3. The summed E-state index contributed by atoms with van der Waals surface area (Å²) in [7, 11) is 0. The summed E-state index contributed by atoms with van der Waals surface area (Å²) in [5.74, 6) is -0.363. The van der Waals surface area contributed by atoms with Gasteiger partial charge in [0.1, 0.15) is 0 Å². The van der Waals surface area contributed by atoms with Crippen molar-refractivity contribution < 1.29 is 9.53 Å². The molecule has 19 heavy (non-hydrogen) atoms. The van der Waals surface area contributed by atoms with Gasteiger partial charge in [0.15, 0.2) is 6.23 Å². The first kappa shape index (κ1) is 14.8. The van der Waals surface area contributed by atoms with Gasteiger partial charge in [-0.3, -0.25) is 9.69 Å². The van der Waals surface area contributed by atoms with Crippen molar-refractivity contribution in [1.29, 1.82) is 0 Å². The summed E-state index contributed by atoms with van der Waals surface area (Å²) in [6.45, 7) is 6.74. The Morgan fingerprint density at radius 2 is 1.84 bits per heavy atom. The molecule has 0 aromatic carbocycles. The average molecular weight is 269 g/mol. The van der Waals surface area contributed by atoms with Gasteiger partial charge in [-0.25, -0.2) is 0 Å². The number of nitrogens with two attached hydrogens (primary N) is 1. The average Bonchev–Trinajstić information content (AvgIpc) is 2.46. The van der Waals surface area contributed by atoms with E-state index < -0.39 is 6.23 Å². The Bertz CT molecular complexity index is 284. The lowest BCUT2D eigenvalue weighted by Gasteiger charge is -2.41. The fourth-order valence-electron chi connectivity index (χ4n) is 3.29. The third-order valence-electron chi connectivity index (χ3n) is 4.31. The molecule has 1 atom stereocenters. The summed E-state index contributed by atoms with van der Waals surface area (Å²) in [6, 6.07) is 0.687. The number of carbonyl (C=O) groups is 1. The van der Waals surface area contributed by atoms with Crippen molar-refractivity contribution in [2.24, 2.45) is 5.73 Å². The highest BCUT2D eigenvalue weighted by molar-refractivity contribution is 5.78. The Balaban J connectivity index is 1.82. The van der Waals surface area contributed by atoms with Crippen LogP contribution in [0.2, 0.25) is 0 Å². The van der Waals surface area contributed by atoms with E-state index in [1.54, 1.807) is 0 Å². The molecule has 2 saturated heterocycles. The highest BCUT2D eigenvalue weighted by Gasteiger charge is 2.31. The summed E-state index contributed by atoms with van der Waals surface area (Å²) < 4.78 is 5.46. The van der Waals surface area contributed by atoms with E-state index in [0.29, 0.717) is 12.6 Å². The van der Waals surface area contributed by atoms with Gasteiger partial charge in [0.2, 0.25) is 0 Å². The minimum atomic E-state index is -0.535. The third-order valence-corrected chi connectivity index (χ3v) is 4.31. The molecule has 5 heteroatoms. The summed E-state index contributed by atoms with van der Waals surface area (Å²) in [6.07, 6.45) is 5.76. The molecule has 0 spiro atoms. The molecular formula is C14H27N3O2. The Hall–Kier alpha value is -0.650. The summed E-state index contributed by atoms with van der Waals surface area (Å²) >= 11 is 0. The standard InChI is InChI=1S/C14H27N3O2/c1-2-19-14(13(15)18)17-10-6-12(7-11-17)16-8-4-3-5-9-16/h12,14H,2-11H2,1H3,(H2,15,18). The molecule has 0 aromatic rings. The predicted molar refractivity (Wildman–Crippen MR) is 74.6 cm³/mol. The summed E-state index contributed by atoms with van der Waals surface area (Å²) in [5, 5.41) is 0. The number of nitrogens with zero attached hydrogens (tertiary/aromatic N) is 2. The van der Waals surface area contributed by atoms with E-state index >= 15 is 0 Å². The molecule has 1 unspecified atom stereocenters. The minimum Gasteiger partial charge on any atom is -0.366 e. The molecule has 2 aliphatic heterocycles. The monoisotopic (exact) mass is 269 g/mol. The van der Waals surface area contributed by atoms with Gasteiger partial charge in [-0.1, -0.05) is 6.42 Å². The highest BCUT2D eigenvalue weighted by atomic mass is 16.5. The van der Waals surface area contributed by atoms with Crippen LogP contribution < -0.4 is 5.73 Å². The molecular weight excluding hydrogens is 242 g/mol. The number of hydrogen-bond acceptors (Lipinski definition) is 4. The van der Waals surface area contributed by atoms with Crippen molar-refractivity contribution in [3.05, 3.63) is 0 Å². The molecule has 2 aliphatic rings. The Labute approximate surface area is 116 Å². The SMILES string of the molecule is CCOC(C(N)=O)N1CCC(N2CCCCC2)CC1. The third kappa shape index (κ3) is 3.91. The van der Waals surface area contributed by atoms with Crippen LogP contribution in [0.15, 0.2) is 0 Å². The quantitative estimate of drug-likeness (QED) is 0.801. The molecule has 0 saturated carbocycles. The molecule has 2 rings (SSSR count). The van der Waals surface area contributed by atoms with Gasteiger partial charge >= 0.3 is 0 Å². The smallest absolute Gasteiger partial charge is 0.261 e. The van der Waals surface area contributed by atoms with E-state index in [0.717, 1.165) is 25.9 Å². The van der Waals surface area contributed by atoms with Crippen LogP contribution in [0.5, 0.6) is 0 Å². The number of primary amides is 1. The fourth-order valence-corrected chi connectivity index (χ4v) is 3.29. The topological polar surface area (TPSA) is 58.8 Å². The molecule has 5 nitrogen and oxygen atoms in total. The number of ether oxygens (including phenoxy) is 1. The van der Waals surface area contributed by atoms with Gasteiger partial charge in [0.25, 0.3) is 5.91 Å². The number of amides is 1. The highest BCUT2D eigenvalue weighted by Crippen LogP contribution is 2.22. The first-order valence-corrected chi connectivity index (χ1v) is 7.61. The van der Waals surface area contributed by atoms with Gasteiger partial charge in [0.05, 0.1) is 0 Å². The van der Waals surface area contributed by atoms with Gasteiger partial charge in [-0.2, -0.15) is 0 Å². The Morgan fingerprint density at radius 1 is 1.21 bits per heavy atom. The van der Waals surface area contributed by atoms with Crippen LogP contribution in [0.1, 0.15) is 39.0 Å². The van der Waals surface area contributed by atoms with E-state index in [1.807, 2.05) is 6.92 Å². The van der Waals surface area contributed by atoms with Crippen LogP contribution in [0.25, 0.3) is 0 Å². The molecule has 0 radical (unpaired) electrons. The van der Waals surface area contributed by atoms with Crippen molar-refractivity contribution in [2.75, 3.05) is 32.8 Å². The van der Waals surface area contributed by atoms with Crippen molar-refractivity contribution in [3.8, 4) is 0 Å². The van der Waals surface area contributed by atoms with E-state index in [4.69, 9.17) is 10.5 Å². The molecule has 1 amide bonds. The maximum Gasteiger partial charge on any atom is 0.261 e. The van der Waals surface area contributed by atoms with Crippen LogP contribution in [0.4, 0.5) is 0 Å². The van der Waals surface area contributed by atoms with E-state index in [2.05, 4.69) is 9.80 Å². The van der Waals surface area contributed by atoms with Gasteiger partial charge in [-0.15, -0.1) is 0 Å². The second-order valence-corrected chi connectivity index (χ2v) is 5.57. The Kier molecular flexibility index (Phi) is 5.60. The zero-order valence-electron chi connectivity index (χ0n) is 12.0. The Morgan fingerprint density at radius 3 is 2.37 bits per heavy atom.